The lowest BCUT2D eigenvalue weighted by molar-refractivity contribution is -0.113. The van der Waals surface area contributed by atoms with Crippen molar-refractivity contribution in [1.29, 1.82) is 0 Å². The SMILES string of the molecule is Cc1nn([C@@H]2CCS(=O)(=O)C2)c2c1[C@@H](c1ccc(O)cc1)SCC(=O)N2. The highest BCUT2D eigenvalue weighted by atomic mass is 32.2. The topological polar surface area (TPSA) is 101 Å². The second-order valence-electron chi connectivity index (χ2n) is 6.68. The molecule has 0 saturated carbocycles. The quantitative estimate of drug-likeness (QED) is 0.810. The molecule has 1 aromatic heterocycles. The Bertz CT molecular complexity index is 967. The number of rotatable bonds is 2. The Hall–Kier alpha value is -2.00. The third-order valence-corrected chi connectivity index (χ3v) is 7.80. The van der Waals surface area contributed by atoms with Gasteiger partial charge in [0.2, 0.25) is 5.91 Å². The molecule has 0 unspecified atom stereocenters. The summed E-state index contributed by atoms with van der Waals surface area (Å²) in [6, 6.07) is 6.66. The van der Waals surface area contributed by atoms with Crippen LogP contribution in [0.5, 0.6) is 5.75 Å². The molecule has 1 aromatic carbocycles. The zero-order valence-electron chi connectivity index (χ0n) is 14.2. The molecule has 1 saturated heterocycles. The van der Waals surface area contributed by atoms with Crippen LogP contribution < -0.4 is 5.32 Å². The van der Waals surface area contributed by atoms with Crippen molar-refractivity contribution in [3.05, 3.63) is 41.1 Å². The van der Waals surface area contributed by atoms with Gasteiger partial charge in [0.1, 0.15) is 11.6 Å². The fraction of sp³-hybridized carbons (Fsp3) is 0.412. The predicted octanol–water partition coefficient (Wildman–Crippen LogP) is 2.03. The van der Waals surface area contributed by atoms with Gasteiger partial charge in [0.05, 0.1) is 34.2 Å². The van der Waals surface area contributed by atoms with E-state index < -0.39 is 9.84 Å². The number of aromatic nitrogens is 2. The summed E-state index contributed by atoms with van der Waals surface area (Å²) in [5.41, 5.74) is 2.64. The van der Waals surface area contributed by atoms with Gasteiger partial charge in [0.25, 0.3) is 0 Å². The Morgan fingerprint density at radius 3 is 2.69 bits per heavy atom. The standard InChI is InChI=1S/C17H19N3O4S2/c1-10-15-16(11-2-4-13(21)5-3-11)25-8-14(22)18-17(15)20(19-10)12-6-7-26(23,24)9-12/h2-5,12,16,21H,6-9H2,1H3,(H,18,22)/t12-,16-/m1/s1. The van der Waals surface area contributed by atoms with Gasteiger partial charge in [0.15, 0.2) is 9.84 Å². The Balaban J connectivity index is 1.81. The number of thioether (sulfide) groups is 1. The van der Waals surface area contributed by atoms with E-state index in [0.29, 0.717) is 18.0 Å². The minimum Gasteiger partial charge on any atom is -0.508 e. The Morgan fingerprint density at radius 1 is 1.31 bits per heavy atom. The number of anilines is 1. The zero-order valence-corrected chi connectivity index (χ0v) is 15.8. The summed E-state index contributed by atoms with van der Waals surface area (Å²) in [4.78, 5) is 12.2. The van der Waals surface area contributed by atoms with Crippen molar-refractivity contribution in [3.63, 3.8) is 0 Å². The normalized spacial score (nSPS) is 24.7. The van der Waals surface area contributed by atoms with Crippen molar-refractivity contribution in [2.24, 2.45) is 0 Å². The molecule has 138 valence electrons. The summed E-state index contributed by atoms with van der Waals surface area (Å²) in [5.74, 6) is 1.15. The number of fused-ring (bicyclic) bond motifs is 1. The first kappa shape index (κ1) is 17.4. The number of benzene rings is 1. The number of hydrogen-bond acceptors (Lipinski definition) is 6. The first-order valence-electron chi connectivity index (χ1n) is 8.34. The lowest BCUT2D eigenvalue weighted by Gasteiger charge is -2.16. The van der Waals surface area contributed by atoms with Crippen molar-refractivity contribution in [3.8, 4) is 5.75 Å². The van der Waals surface area contributed by atoms with Gasteiger partial charge in [-0.25, -0.2) is 13.1 Å². The molecule has 2 N–H and O–H groups in total. The molecule has 0 spiro atoms. The van der Waals surface area contributed by atoms with Crippen molar-refractivity contribution >= 4 is 33.3 Å². The molecule has 2 atom stereocenters. The van der Waals surface area contributed by atoms with Crippen LogP contribution in [0.3, 0.4) is 0 Å². The van der Waals surface area contributed by atoms with E-state index in [4.69, 9.17) is 0 Å². The molecule has 26 heavy (non-hydrogen) atoms. The van der Waals surface area contributed by atoms with Gasteiger partial charge in [-0.3, -0.25) is 4.79 Å². The molecular weight excluding hydrogens is 374 g/mol. The van der Waals surface area contributed by atoms with E-state index in [0.717, 1.165) is 16.8 Å². The third kappa shape index (κ3) is 3.09. The van der Waals surface area contributed by atoms with E-state index in [1.54, 1.807) is 16.8 Å². The molecule has 2 aliphatic rings. The molecule has 0 radical (unpaired) electrons. The van der Waals surface area contributed by atoms with Gasteiger partial charge in [-0.1, -0.05) is 12.1 Å². The van der Waals surface area contributed by atoms with Crippen molar-refractivity contribution in [1.82, 2.24) is 9.78 Å². The Labute approximate surface area is 155 Å². The van der Waals surface area contributed by atoms with Gasteiger partial charge in [-0.05, 0) is 31.0 Å². The molecule has 1 amide bonds. The van der Waals surface area contributed by atoms with Crippen LogP contribution in [0.25, 0.3) is 0 Å². The van der Waals surface area contributed by atoms with Crippen LogP contribution in [0.15, 0.2) is 24.3 Å². The number of carbonyl (C=O) groups excluding carboxylic acids is 1. The van der Waals surface area contributed by atoms with Gasteiger partial charge in [-0.2, -0.15) is 5.10 Å². The second-order valence-corrected chi connectivity index (χ2v) is 10.0. The lowest BCUT2D eigenvalue weighted by Crippen LogP contribution is -2.20. The number of phenolic OH excluding ortho intramolecular Hbond substituents is 1. The van der Waals surface area contributed by atoms with E-state index >= 15 is 0 Å². The van der Waals surface area contributed by atoms with Crippen LogP contribution in [0, 0.1) is 6.92 Å². The van der Waals surface area contributed by atoms with Crippen LogP contribution in [0.1, 0.15) is 34.5 Å². The van der Waals surface area contributed by atoms with Gasteiger partial charge in [0, 0.05) is 5.56 Å². The third-order valence-electron chi connectivity index (χ3n) is 4.78. The minimum atomic E-state index is -3.06. The van der Waals surface area contributed by atoms with Crippen molar-refractivity contribution < 1.29 is 18.3 Å². The lowest BCUT2D eigenvalue weighted by atomic mass is 10.0. The summed E-state index contributed by atoms with van der Waals surface area (Å²) < 4.78 is 25.5. The summed E-state index contributed by atoms with van der Waals surface area (Å²) in [6.45, 7) is 1.88. The van der Waals surface area contributed by atoms with Gasteiger partial charge >= 0.3 is 0 Å². The smallest absolute Gasteiger partial charge is 0.235 e. The fourth-order valence-corrected chi connectivity index (χ4v) is 6.43. The maximum absolute atomic E-state index is 12.2. The molecule has 3 heterocycles. The van der Waals surface area contributed by atoms with Gasteiger partial charge in [-0.15, -0.1) is 11.8 Å². The number of nitrogens with zero attached hydrogens (tertiary/aromatic N) is 2. The van der Waals surface area contributed by atoms with Crippen LogP contribution in [0.4, 0.5) is 5.82 Å². The average Bonchev–Trinajstić information content (AvgIpc) is 3.03. The number of aromatic hydroxyl groups is 1. The summed E-state index contributed by atoms with van der Waals surface area (Å²) in [6.07, 6.45) is 0.503. The minimum absolute atomic E-state index is 0.0491. The molecule has 4 rings (SSSR count). The number of nitrogens with one attached hydrogen (secondary N) is 1. The van der Waals surface area contributed by atoms with E-state index in [1.807, 2.05) is 19.1 Å². The highest BCUT2D eigenvalue weighted by molar-refractivity contribution is 8.00. The Morgan fingerprint density at radius 2 is 2.04 bits per heavy atom. The fourth-order valence-electron chi connectivity index (χ4n) is 3.55. The number of carbonyl (C=O) groups is 1. The second kappa shape index (κ2) is 6.31. The molecule has 2 aromatic rings. The molecule has 7 nitrogen and oxygen atoms in total. The average molecular weight is 393 g/mol. The van der Waals surface area contributed by atoms with E-state index in [2.05, 4.69) is 10.4 Å². The van der Waals surface area contributed by atoms with Crippen LogP contribution in [-0.4, -0.2) is 46.5 Å². The highest BCUT2D eigenvalue weighted by Gasteiger charge is 2.36. The van der Waals surface area contributed by atoms with Crippen molar-refractivity contribution in [2.75, 3.05) is 22.6 Å². The highest BCUT2D eigenvalue weighted by Crippen LogP contribution is 2.44. The van der Waals surface area contributed by atoms with E-state index in [9.17, 15) is 18.3 Å². The molecular formula is C17H19N3O4S2. The number of amides is 1. The van der Waals surface area contributed by atoms with Crippen molar-refractivity contribution in [2.45, 2.75) is 24.6 Å². The molecule has 9 heteroatoms. The van der Waals surface area contributed by atoms with E-state index in [-0.39, 0.29) is 34.5 Å². The van der Waals surface area contributed by atoms with Crippen LogP contribution in [-0.2, 0) is 14.6 Å². The number of phenols is 1. The predicted molar refractivity (Wildman–Crippen MR) is 100 cm³/mol. The molecule has 1 fully saturated rings. The Kier molecular flexibility index (Phi) is 4.23. The molecule has 2 aliphatic heterocycles. The maximum Gasteiger partial charge on any atom is 0.235 e. The van der Waals surface area contributed by atoms with Gasteiger partial charge < -0.3 is 10.4 Å². The first-order valence-corrected chi connectivity index (χ1v) is 11.2. The molecule has 0 bridgehead atoms. The zero-order chi connectivity index (χ0) is 18.5. The largest absolute Gasteiger partial charge is 0.508 e. The number of aryl methyl sites for hydroxylation is 1. The van der Waals surface area contributed by atoms with Crippen LogP contribution in [0.2, 0.25) is 0 Å². The number of sulfone groups is 1. The summed E-state index contributed by atoms with van der Waals surface area (Å²) in [5, 5.41) is 16.9. The monoisotopic (exact) mass is 393 g/mol. The first-order chi connectivity index (χ1) is 12.3. The maximum atomic E-state index is 12.2. The van der Waals surface area contributed by atoms with Crippen LogP contribution >= 0.6 is 11.8 Å². The van der Waals surface area contributed by atoms with E-state index in [1.165, 1.54) is 11.8 Å². The summed E-state index contributed by atoms with van der Waals surface area (Å²) >= 11 is 1.50. The number of hydrogen-bond donors (Lipinski definition) is 2. The molecule has 0 aliphatic carbocycles. The summed E-state index contributed by atoms with van der Waals surface area (Å²) in [7, 11) is -3.06.